The van der Waals surface area contributed by atoms with E-state index in [0.717, 1.165) is 10.5 Å². The predicted molar refractivity (Wildman–Crippen MR) is 128 cm³/mol. The number of benzene rings is 3. The topological polar surface area (TPSA) is 50.7 Å². The molecule has 160 valence electrons. The third-order valence-corrected chi connectivity index (χ3v) is 6.04. The van der Waals surface area contributed by atoms with Gasteiger partial charge in [0.2, 0.25) is 5.91 Å². The normalized spacial score (nSPS) is 11.0. The highest BCUT2D eigenvalue weighted by atomic mass is 79.9. The van der Waals surface area contributed by atoms with Crippen LogP contribution in [0.5, 0.6) is 5.75 Å². The van der Waals surface area contributed by atoms with Gasteiger partial charge in [0.1, 0.15) is 12.4 Å². The zero-order valence-electron chi connectivity index (χ0n) is 15.9. The van der Waals surface area contributed by atoms with Crippen molar-refractivity contribution in [2.24, 2.45) is 5.10 Å². The molecule has 0 aliphatic rings. The summed E-state index contributed by atoms with van der Waals surface area (Å²) in [6.45, 7) is 0.243. The van der Waals surface area contributed by atoms with Crippen molar-refractivity contribution in [2.45, 2.75) is 11.5 Å². The minimum absolute atomic E-state index is 0.222. The fourth-order valence-corrected chi connectivity index (χ4v) is 4.22. The Morgan fingerprint density at radius 2 is 1.84 bits per heavy atom. The van der Waals surface area contributed by atoms with Crippen molar-refractivity contribution in [1.82, 2.24) is 5.43 Å². The maximum atomic E-state index is 13.0. The molecule has 0 aliphatic heterocycles. The maximum Gasteiger partial charge on any atom is 0.250 e. The molecule has 0 spiro atoms. The second kappa shape index (κ2) is 11.5. The van der Waals surface area contributed by atoms with E-state index >= 15 is 0 Å². The lowest BCUT2D eigenvalue weighted by Crippen LogP contribution is -2.19. The molecule has 3 rings (SSSR count). The largest absolute Gasteiger partial charge is 0.486 e. The van der Waals surface area contributed by atoms with Gasteiger partial charge in [-0.1, -0.05) is 35.3 Å². The highest BCUT2D eigenvalue weighted by molar-refractivity contribution is 9.10. The molecule has 0 saturated heterocycles. The number of carbonyl (C=O) groups is 1. The summed E-state index contributed by atoms with van der Waals surface area (Å²) < 4.78 is 19.4. The summed E-state index contributed by atoms with van der Waals surface area (Å²) in [5.74, 6) is 0.147. The van der Waals surface area contributed by atoms with Crippen LogP contribution >= 0.6 is 50.9 Å². The summed E-state index contributed by atoms with van der Waals surface area (Å²) in [4.78, 5) is 12.9. The number of amides is 1. The summed E-state index contributed by atoms with van der Waals surface area (Å²) >= 11 is 17.0. The molecule has 3 aromatic carbocycles. The SMILES string of the molecule is O=C(CSc1ccc(Cl)cc1)N/N=C\c1cc(Cl)c(OCc2ccc(F)cc2)c(Br)c1. The van der Waals surface area contributed by atoms with Gasteiger partial charge in [0, 0.05) is 9.92 Å². The molecule has 3 aromatic rings. The fourth-order valence-electron chi connectivity index (χ4n) is 2.42. The summed E-state index contributed by atoms with van der Waals surface area (Å²) in [5.41, 5.74) is 3.97. The monoisotopic (exact) mass is 540 g/mol. The van der Waals surface area contributed by atoms with E-state index in [9.17, 15) is 9.18 Å². The number of halogens is 4. The van der Waals surface area contributed by atoms with Crippen molar-refractivity contribution in [3.05, 3.63) is 92.1 Å². The molecule has 0 aliphatic carbocycles. The maximum absolute atomic E-state index is 13.0. The first-order valence-corrected chi connectivity index (χ1v) is 11.5. The molecular formula is C22H16BrCl2FN2O2S. The van der Waals surface area contributed by atoms with Crippen LogP contribution in [0.3, 0.4) is 0 Å². The van der Waals surface area contributed by atoms with Gasteiger partial charge in [0.15, 0.2) is 5.75 Å². The van der Waals surface area contributed by atoms with Crippen LogP contribution in [0, 0.1) is 5.82 Å². The second-order valence-corrected chi connectivity index (χ2v) is 9.01. The molecule has 0 bridgehead atoms. The number of hydrogen-bond acceptors (Lipinski definition) is 4. The molecule has 0 fully saturated rings. The Morgan fingerprint density at radius 3 is 2.52 bits per heavy atom. The van der Waals surface area contributed by atoms with Crippen LogP contribution in [0.4, 0.5) is 4.39 Å². The fraction of sp³-hybridized carbons (Fsp3) is 0.0909. The van der Waals surface area contributed by atoms with E-state index in [1.165, 1.54) is 30.1 Å². The molecule has 0 radical (unpaired) electrons. The van der Waals surface area contributed by atoms with Gasteiger partial charge >= 0.3 is 0 Å². The number of thioether (sulfide) groups is 1. The Hall–Kier alpha value is -2.06. The Labute approximate surface area is 201 Å². The van der Waals surface area contributed by atoms with Crippen LogP contribution in [0.1, 0.15) is 11.1 Å². The van der Waals surface area contributed by atoms with Crippen molar-refractivity contribution in [3.8, 4) is 5.75 Å². The van der Waals surface area contributed by atoms with E-state index < -0.39 is 0 Å². The van der Waals surface area contributed by atoms with Gasteiger partial charge in [-0.3, -0.25) is 4.79 Å². The average Bonchev–Trinajstić information content (AvgIpc) is 2.74. The van der Waals surface area contributed by atoms with Crippen molar-refractivity contribution in [1.29, 1.82) is 0 Å². The standard InChI is InChI=1S/C22H16BrCl2FN2O2S/c23-19-9-15(10-20(25)22(19)30-12-14-1-5-17(26)6-2-14)11-27-28-21(29)13-31-18-7-3-16(24)4-8-18/h1-11H,12-13H2,(H,28,29)/b27-11-. The minimum atomic E-state index is -0.303. The summed E-state index contributed by atoms with van der Waals surface area (Å²) in [6, 6.07) is 16.7. The molecule has 0 unspecified atom stereocenters. The van der Waals surface area contributed by atoms with Gasteiger partial charge in [0.05, 0.1) is 21.5 Å². The molecule has 1 amide bonds. The Morgan fingerprint density at radius 1 is 1.13 bits per heavy atom. The van der Waals surface area contributed by atoms with Crippen LogP contribution in [0.15, 0.2) is 75.1 Å². The van der Waals surface area contributed by atoms with Crippen LogP contribution < -0.4 is 10.2 Å². The lowest BCUT2D eigenvalue weighted by molar-refractivity contribution is -0.118. The van der Waals surface area contributed by atoms with Crippen molar-refractivity contribution in [2.75, 3.05) is 5.75 Å². The molecule has 31 heavy (non-hydrogen) atoms. The third-order valence-electron chi connectivity index (χ3n) is 3.90. The zero-order chi connectivity index (χ0) is 22.2. The molecule has 0 aromatic heterocycles. The lowest BCUT2D eigenvalue weighted by atomic mass is 10.2. The lowest BCUT2D eigenvalue weighted by Gasteiger charge is -2.11. The van der Waals surface area contributed by atoms with E-state index in [1.807, 2.05) is 12.1 Å². The average molecular weight is 542 g/mol. The van der Waals surface area contributed by atoms with Gasteiger partial charge in [-0.25, -0.2) is 9.82 Å². The highest BCUT2D eigenvalue weighted by Crippen LogP contribution is 2.34. The molecule has 1 N–H and O–H groups in total. The second-order valence-electron chi connectivity index (χ2n) is 6.26. The summed E-state index contributed by atoms with van der Waals surface area (Å²) in [7, 11) is 0. The summed E-state index contributed by atoms with van der Waals surface area (Å²) in [6.07, 6.45) is 1.49. The highest BCUT2D eigenvalue weighted by Gasteiger charge is 2.10. The predicted octanol–water partition coefficient (Wildman–Crippen LogP) is 6.72. The molecule has 0 saturated carbocycles. The molecule has 9 heteroatoms. The van der Waals surface area contributed by atoms with Gasteiger partial charge < -0.3 is 4.74 Å². The molecule has 4 nitrogen and oxygen atoms in total. The Bertz CT molecular complexity index is 1060. The van der Waals surface area contributed by atoms with Gasteiger partial charge in [0.25, 0.3) is 0 Å². The van der Waals surface area contributed by atoms with Crippen LogP contribution in [-0.2, 0) is 11.4 Å². The Balaban J connectivity index is 1.52. The van der Waals surface area contributed by atoms with Crippen molar-refractivity contribution in [3.63, 3.8) is 0 Å². The first-order chi connectivity index (χ1) is 14.9. The van der Waals surface area contributed by atoms with Gasteiger partial charge in [-0.2, -0.15) is 5.10 Å². The number of rotatable bonds is 8. The number of nitrogens with zero attached hydrogens (tertiary/aromatic N) is 1. The smallest absolute Gasteiger partial charge is 0.250 e. The number of carbonyl (C=O) groups excluding carboxylic acids is 1. The van der Waals surface area contributed by atoms with E-state index in [-0.39, 0.29) is 24.1 Å². The molecule has 0 heterocycles. The first-order valence-electron chi connectivity index (χ1n) is 8.97. The quantitative estimate of drug-likeness (QED) is 0.196. The number of hydrazone groups is 1. The number of nitrogens with one attached hydrogen (secondary N) is 1. The Kier molecular flexibility index (Phi) is 8.78. The van der Waals surface area contributed by atoms with Gasteiger partial charge in [-0.05, 0) is 75.6 Å². The van der Waals surface area contributed by atoms with E-state index in [4.69, 9.17) is 27.9 Å². The molecule has 0 atom stereocenters. The van der Waals surface area contributed by atoms with E-state index in [1.54, 1.807) is 36.4 Å². The van der Waals surface area contributed by atoms with Crippen molar-refractivity contribution >= 4 is 63.0 Å². The number of hydrogen-bond donors (Lipinski definition) is 1. The first kappa shape index (κ1) is 23.6. The van der Waals surface area contributed by atoms with Crippen molar-refractivity contribution < 1.29 is 13.9 Å². The van der Waals surface area contributed by atoms with Crippen LogP contribution in [-0.4, -0.2) is 17.9 Å². The zero-order valence-corrected chi connectivity index (χ0v) is 19.9. The minimum Gasteiger partial charge on any atom is -0.486 e. The third kappa shape index (κ3) is 7.54. The van der Waals surface area contributed by atoms with E-state index in [2.05, 4.69) is 26.5 Å². The van der Waals surface area contributed by atoms with E-state index in [0.29, 0.717) is 25.8 Å². The van der Waals surface area contributed by atoms with Gasteiger partial charge in [-0.15, -0.1) is 11.8 Å². The number of ether oxygens (including phenoxy) is 1. The van der Waals surface area contributed by atoms with Crippen LogP contribution in [0.25, 0.3) is 0 Å². The molecular weight excluding hydrogens is 526 g/mol. The summed E-state index contributed by atoms with van der Waals surface area (Å²) in [5, 5.41) is 4.99. The van der Waals surface area contributed by atoms with Crippen LogP contribution in [0.2, 0.25) is 10.0 Å².